The van der Waals surface area contributed by atoms with Crippen molar-refractivity contribution in [3.63, 3.8) is 0 Å². The summed E-state index contributed by atoms with van der Waals surface area (Å²) >= 11 is 6.93. The number of hydrogen-bond donors (Lipinski definition) is 2. The lowest BCUT2D eigenvalue weighted by molar-refractivity contribution is -0.114. The number of alkyl halides is 1. The van der Waals surface area contributed by atoms with E-state index in [1.54, 1.807) is 0 Å². The van der Waals surface area contributed by atoms with Crippen LogP contribution in [0.2, 0.25) is 0 Å². The highest BCUT2D eigenvalue weighted by Gasteiger charge is 2.43. The van der Waals surface area contributed by atoms with E-state index < -0.39 is 5.41 Å². The van der Waals surface area contributed by atoms with Gasteiger partial charge in [-0.1, -0.05) is 28.1 Å². The molecule has 0 fully saturated rings. The van der Waals surface area contributed by atoms with Crippen LogP contribution in [-0.4, -0.2) is 28.5 Å². The first-order valence-corrected chi connectivity index (χ1v) is 9.75. The van der Waals surface area contributed by atoms with Crippen LogP contribution < -0.4 is 15.9 Å². The Hall–Kier alpha value is -1.73. The average molecular weight is 463 g/mol. The third-order valence-corrected chi connectivity index (χ3v) is 6.60. The third-order valence-electron chi connectivity index (χ3n) is 5.24. The zero-order chi connectivity index (χ0) is 17.3. The van der Waals surface area contributed by atoms with Crippen molar-refractivity contribution >= 4 is 60.8 Å². The molecule has 3 aliphatic heterocycles. The molecule has 0 saturated heterocycles. The van der Waals surface area contributed by atoms with Gasteiger partial charge < -0.3 is 10.4 Å². The molecule has 7 heteroatoms. The van der Waals surface area contributed by atoms with Gasteiger partial charge in [0.15, 0.2) is 11.5 Å². The number of phenolic OH excluding ortho intramolecular Hbond substituents is 1. The number of allylic oxidation sites excluding steroid dienone is 3. The summed E-state index contributed by atoms with van der Waals surface area (Å²) < 4.78 is 0.543. The van der Waals surface area contributed by atoms with E-state index >= 15 is 0 Å². The summed E-state index contributed by atoms with van der Waals surface area (Å²) in [5.74, 6) is 0.180. The Morgan fingerprint density at radius 3 is 3.04 bits per heavy atom. The SMILES string of the molecule is O=C1C(Br)=CC2(C=CNc3c(O)c4c5c(c32)=NCCC=5C=N4)CC1Br. The van der Waals surface area contributed by atoms with Gasteiger partial charge in [0, 0.05) is 29.0 Å². The first kappa shape index (κ1) is 15.5. The third kappa shape index (κ3) is 1.96. The molecule has 1 spiro atoms. The molecule has 2 atom stereocenters. The van der Waals surface area contributed by atoms with E-state index in [0.717, 1.165) is 28.1 Å². The summed E-state index contributed by atoms with van der Waals surface area (Å²) in [5.41, 5.74) is 2.75. The minimum Gasteiger partial charge on any atom is -0.504 e. The van der Waals surface area contributed by atoms with Crippen molar-refractivity contribution in [1.82, 2.24) is 0 Å². The molecule has 5 rings (SSSR count). The van der Waals surface area contributed by atoms with Crippen LogP contribution in [-0.2, 0) is 10.2 Å². The van der Waals surface area contributed by atoms with Gasteiger partial charge in [0.05, 0.1) is 20.4 Å². The molecule has 0 amide bonds. The van der Waals surface area contributed by atoms with Gasteiger partial charge >= 0.3 is 0 Å². The Balaban J connectivity index is 1.92. The molecule has 0 aromatic heterocycles. The van der Waals surface area contributed by atoms with Crippen LogP contribution >= 0.6 is 31.9 Å². The number of halogens is 2. The maximum absolute atomic E-state index is 12.2. The topological polar surface area (TPSA) is 74.0 Å². The minimum absolute atomic E-state index is 0.0330. The number of carbonyl (C=O) groups excluding carboxylic acids is 1. The summed E-state index contributed by atoms with van der Waals surface area (Å²) in [4.78, 5) is 21.1. The van der Waals surface area contributed by atoms with Crippen LogP contribution in [0.25, 0.3) is 5.57 Å². The number of aromatic hydroxyl groups is 1. The molecule has 5 nitrogen and oxygen atoms in total. The Morgan fingerprint density at radius 2 is 2.24 bits per heavy atom. The van der Waals surface area contributed by atoms with E-state index in [0.29, 0.717) is 28.8 Å². The number of ketones is 1. The van der Waals surface area contributed by atoms with Crippen molar-refractivity contribution < 1.29 is 9.90 Å². The van der Waals surface area contributed by atoms with Gasteiger partial charge in [0.2, 0.25) is 0 Å². The number of hydrogen-bond acceptors (Lipinski definition) is 5. The molecular weight excluding hydrogens is 450 g/mol. The van der Waals surface area contributed by atoms with Crippen LogP contribution in [0.3, 0.4) is 0 Å². The summed E-state index contributed by atoms with van der Waals surface area (Å²) in [6.07, 6.45) is 9.03. The molecule has 1 aromatic carbocycles. The predicted octanol–water partition coefficient (Wildman–Crippen LogP) is 2.47. The molecule has 0 saturated carbocycles. The lowest BCUT2D eigenvalue weighted by Crippen LogP contribution is -2.45. The highest BCUT2D eigenvalue weighted by molar-refractivity contribution is 9.12. The van der Waals surface area contributed by atoms with E-state index in [4.69, 9.17) is 4.99 Å². The van der Waals surface area contributed by atoms with Gasteiger partial charge in [-0.25, -0.2) is 0 Å². The van der Waals surface area contributed by atoms with Crippen LogP contribution in [0.4, 0.5) is 11.4 Å². The van der Waals surface area contributed by atoms with Gasteiger partial charge in [-0.05, 0) is 40.5 Å². The van der Waals surface area contributed by atoms with E-state index in [2.05, 4.69) is 42.2 Å². The van der Waals surface area contributed by atoms with E-state index in [9.17, 15) is 9.90 Å². The zero-order valence-corrected chi connectivity index (χ0v) is 16.2. The second kappa shape index (κ2) is 5.14. The molecule has 2 N–H and O–H groups in total. The normalized spacial score (nSPS) is 28.4. The molecule has 0 bridgehead atoms. The molecule has 2 unspecified atom stereocenters. The monoisotopic (exact) mass is 461 g/mol. The molecule has 0 radical (unpaired) electrons. The van der Waals surface area contributed by atoms with Crippen molar-refractivity contribution in [3.05, 3.63) is 39.0 Å². The molecule has 4 aliphatic rings. The molecule has 126 valence electrons. The number of rotatable bonds is 0. The largest absolute Gasteiger partial charge is 0.504 e. The summed E-state index contributed by atoms with van der Waals surface area (Å²) in [6.45, 7) is 0.701. The number of anilines is 1. The highest BCUT2D eigenvalue weighted by Crippen LogP contribution is 2.48. The van der Waals surface area contributed by atoms with Crippen LogP contribution in [0.5, 0.6) is 5.75 Å². The lowest BCUT2D eigenvalue weighted by atomic mass is 9.70. The van der Waals surface area contributed by atoms with Crippen LogP contribution in [0.1, 0.15) is 18.4 Å². The Morgan fingerprint density at radius 1 is 1.40 bits per heavy atom. The molecule has 1 aliphatic carbocycles. The Labute approximate surface area is 160 Å². The van der Waals surface area contributed by atoms with Gasteiger partial charge in [0.25, 0.3) is 0 Å². The van der Waals surface area contributed by atoms with Crippen molar-refractivity contribution in [2.45, 2.75) is 23.1 Å². The number of carbonyl (C=O) groups is 1. The highest BCUT2D eigenvalue weighted by atomic mass is 79.9. The molecular formula is C18H13Br2N3O2. The fourth-order valence-electron chi connectivity index (χ4n) is 4.12. The summed E-state index contributed by atoms with van der Waals surface area (Å²) in [5, 5.41) is 15.8. The maximum Gasteiger partial charge on any atom is 0.183 e. The Bertz CT molecular complexity index is 1070. The fourth-order valence-corrected chi connectivity index (χ4v) is 5.89. The van der Waals surface area contributed by atoms with Crippen molar-refractivity contribution in [3.8, 4) is 5.75 Å². The number of benzene rings is 1. The number of fused-ring (bicyclic) bond motifs is 3. The fraction of sp³-hybridized carbons (Fsp3) is 0.278. The number of nitrogens with one attached hydrogen (secondary N) is 1. The van der Waals surface area contributed by atoms with Gasteiger partial charge in [-0.15, -0.1) is 0 Å². The van der Waals surface area contributed by atoms with Crippen molar-refractivity contribution in [2.75, 3.05) is 11.9 Å². The van der Waals surface area contributed by atoms with Gasteiger partial charge in [-0.2, -0.15) is 0 Å². The summed E-state index contributed by atoms with van der Waals surface area (Å²) in [7, 11) is 0. The van der Waals surface area contributed by atoms with E-state index in [1.807, 2.05) is 24.6 Å². The molecule has 1 aromatic rings. The molecule has 25 heavy (non-hydrogen) atoms. The number of phenols is 1. The predicted molar refractivity (Wildman–Crippen MR) is 104 cm³/mol. The number of aliphatic imine (C=N–C) groups is 1. The first-order valence-electron chi connectivity index (χ1n) is 8.04. The Kier molecular flexibility index (Phi) is 3.19. The second-order valence-corrected chi connectivity index (χ2v) is 8.59. The number of nitrogens with zero attached hydrogens (tertiary/aromatic N) is 2. The van der Waals surface area contributed by atoms with E-state index in [1.165, 1.54) is 0 Å². The van der Waals surface area contributed by atoms with Crippen LogP contribution in [0, 0.1) is 0 Å². The average Bonchev–Trinajstić information content (AvgIpc) is 3.03. The van der Waals surface area contributed by atoms with Gasteiger partial charge in [-0.3, -0.25) is 14.8 Å². The quantitative estimate of drug-likeness (QED) is 0.459. The zero-order valence-electron chi connectivity index (χ0n) is 13.0. The molecule has 3 heterocycles. The van der Waals surface area contributed by atoms with Crippen molar-refractivity contribution in [2.24, 2.45) is 9.98 Å². The lowest BCUT2D eigenvalue weighted by Gasteiger charge is -2.38. The summed E-state index contributed by atoms with van der Waals surface area (Å²) in [6, 6.07) is 0. The van der Waals surface area contributed by atoms with E-state index in [-0.39, 0.29) is 16.4 Å². The number of Topliss-reactive ketones (excluding diaryl/α,β-unsaturated/α-hetero) is 1. The first-order chi connectivity index (χ1) is 12.0. The smallest absolute Gasteiger partial charge is 0.183 e. The standard InChI is InChI=1S/C18H13Br2N3O2/c19-9-5-18(6-10(20)16(9)24)2-4-22-15-12(18)13-11-8(1-3-21-13)7-23-14(11)17(15)25/h2,4-5,7,10,22,25H,1,3,6H2. The maximum atomic E-state index is 12.2. The van der Waals surface area contributed by atoms with Crippen molar-refractivity contribution in [1.29, 1.82) is 0 Å². The van der Waals surface area contributed by atoms with Gasteiger partial charge in [0.1, 0.15) is 5.69 Å². The second-order valence-electron chi connectivity index (χ2n) is 6.63. The van der Waals surface area contributed by atoms with Crippen LogP contribution in [0.15, 0.2) is 32.8 Å². The minimum atomic E-state index is -0.516.